The molecule has 3 heteroatoms. The standard InChI is InChI=1S/C10H19NO2/c1-7(9(12)13-4)6-11-8-5-10(8,2)3/h7-8,11H,5-6H2,1-4H3. The molecule has 2 unspecified atom stereocenters. The van der Waals surface area contributed by atoms with Crippen LogP contribution in [0, 0.1) is 11.3 Å². The summed E-state index contributed by atoms with van der Waals surface area (Å²) < 4.78 is 4.64. The summed E-state index contributed by atoms with van der Waals surface area (Å²) in [4.78, 5) is 11.0. The molecule has 0 aromatic heterocycles. The number of rotatable bonds is 4. The van der Waals surface area contributed by atoms with Crippen LogP contribution < -0.4 is 5.32 Å². The summed E-state index contributed by atoms with van der Waals surface area (Å²) in [5.41, 5.74) is 0.426. The number of methoxy groups -OCH3 is 1. The highest BCUT2D eigenvalue weighted by Gasteiger charge is 2.45. The van der Waals surface area contributed by atoms with E-state index in [9.17, 15) is 4.79 Å². The second-order valence-corrected chi connectivity index (χ2v) is 4.58. The first kappa shape index (κ1) is 10.5. The average molecular weight is 185 g/mol. The van der Waals surface area contributed by atoms with Gasteiger partial charge in [0.2, 0.25) is 0 Å². The fourth-order valence-electron chi connectivity index (χ4n) is 1.42. The molecule has 1 rings (SSSR count). The molecule has 0 radical (unpaired) electrons. The van der Waals surface area contributed by atoms with Crippen LogP contribution in [0.2, 0.25) is 0 Å². The lowest BCUT2D eigenvalue weighted by Gasteiger charge is -2.11. The van der Waals surface area contributed by atoms with Crippen LogP contribution in [-0.2, 0) is 9.53 Å². The average Bonchev–Trinajstić information content (AvgIpc) is 2.68. The molecule has 0 heterocycles. The SMILES string of the molecule is COC(=O)C(C)CNC1CC1(C)C. The third-order valence-corrected chi connectivity index (χ3v) is 2.79. The summed E-state index contributed by atoms with van der Waals surface area (Å²) in [5, 5.41) is 3.36. The number of ether oxygens (including phenoxy) is 1. The van der Waals surface area contributed by atoms with Gasteiger partial charge in [-0.3, -0.25) is 4.79 Å². The highest BCUT2D eigenvalue weighted by atomic mass is 16.5. The lowest BCUT2D eigenvalue weighted by atomic mass is 10.1. The third kappa shape index (κ3) is 2.69. The fourth-order valence-corrected chi connectivity index (χ4v) is 1.42. The van der Waals surface area contributed by atoms with E-state index in [0.717, 1.165) is 6.54 Å². The molecule has 0 amide bonds. The van der Waals surface area contributed by atoms with Crippen LogP contribution in [0.15, 0.2) is 0 Å². The van der Waals surface area contributed by atoms with Gasteiger partial charge in [0.25, 0.3) is 0 Å². The van der Waals surface area contributed by atoms with Gasteiger partial charge in [0.15, 0.2) is 0 Å². The van der Waals surface area contributed by atoms with Gasteiger partial charge in [-0.2, -0.15) is 0 Å². The molecule has 0 spiro atoms. The van der Waals surface area contributed by atoms with Crippen molar-refractivity contribution >= 4 is 5.97 Å². The predicted molar refractivity (Wildman–Crippen MR) is 51.4 cm³/mol. The van der Waals surface area contributed by atoms with Crippen LogP contribution in [0.1, 0.15) is 27.2 Å². The van der Waals surface area contributed by atoms with Crippen molar-refractivity contribution in [2.75, 3.05) is 13.7 Å². The Morgan fingerprint density at radius 1 is 1.69 bits per heavy atom. The monoisotopic (exact) mass is 185 g/mol. The number of carbonyl (C=O) groups is 1. The van der Waals surface area contributed by atoms with E-state index in [1.165, 1.54) is 13.5 Å². The zero-order chi connectivity index (χ0) is 10.1. The zero-order valence-corrected chi connectivity index (χ0v) is 8.89. The molecule has 1 saturated carbocycles. The number of nitrogens with one attached hydrogen (secondary N) is 1. The fraction of sp³-hybridized carbons (Fsp3) is 0.900. The normalized spacial score (nSPS) is 26.6. The summed E-state index contributed by atoms with van der Waals surface area (Å²) in [6, 6.07) is 0.583. The quantitative estimate of drug-likeness (QED) is 0.668. The van der Waals surface area contributed by atoms with Crippen LogP contribution in [0.25, 0.3) is 0 Å². The van der Waals surface area contributed by atoms with Crippen molar-refractivity contribution in [1.29, 1.82) is 0 Å². The summed E-state index contributed by atoms with van der Waals surface area (Å²) in [7, 11) is 1.43. The third-order valence-electron chi connectivity index (χ3n) is 2.79. The van der Waals surface area contributed by atoms with Gasteiger partial charge in [0.05, 0.1) is 13.0 Å². The van der Waals surface area contributed by atoms with Crippen molar-refractivity contribution in [1.82, 2.24) is 5.32 Å². The van der Waals surface area contributed by atoms with E-state index in [1.54, 1.807) is 0 Å². The van der Waals surface area contributed by atoms with E-state index in [-0.39, 0.29) is 11.9 Å². The molecule has 1 aliphatic rings. The first-order valence-corrected chi connectivity index (χ1v) is 4.78. The second-order valence-electron chi connectivity index (χ2n) is 4.58. The Morgan fingerprint density at radius 2 is 2.23 bits per heavy atom. The van der Waals surface area contributed by atoms with Crippen LogP contribution in [-0.4, -0.2) is 25.7 Å². The maximum Gasteiger partial charge on any atom is 0.309 e. The number of esters is 1. The van der Waals surface area contributed by atoms with E-state index in [0.29, 0.717) is 11.5 Å². The van der Waals surface area contributed by atoms with E-state index in [4.69, 9.17) is 0 Å². The largest absolute Gasteiger partial charge is 0.469 e. The molecular weight excluding hydrogens is 166 g/mol. The van der Waals surface area contributed by atoms with Crippen molar-refractivity contribution in [3.63, 3.8) is 0 Å². The van der Waals surface area contributed by atoms with E-state index >= 15 is 0 Å². The Morgan fingerprint density at radius 3 is 2.62 bits per heavy atom. The molecule has 76 valence electrons. The van der Waals surface area contributed by atoms with Crippen LogP contribution in [0.4, 0.5) is 0 Å². The summed E-state index contributed by atoms with van der Waals surface area (Å²) in [6.45, 7) is 7.07. The van der Waals surface area contributed by atoms with Crippen LogP contribution in [0.3, 0.4) is 0 Å². The molecule has 2 atom stereocenters. The van der Waals surface area contributed by atoms with Crippen molar-refractivity contribution in [3.05, 3.63) is 0 Å². The molecule has 0 saturated heterocycles. The topological polar surface area (TPSA) is 38.3 Å². The minimum absolute atomic E-state index is 0.0404. The number of carbonyl (C=O) groups excluding carboxylic acids is 1. The van der Waals surface area contributed by atoms with Crippen LogP contribution >= 0.6 is 0 Å². The van der Waals surface area contributed by atoms with Crippen molar-refractivity contribution in [3.8, 4) is 0 Å². The van der Waals surface area contributed by atoms with Gasteiger partial charge in [-0.25, -0.2) is 0 Å². The Labute approximate surface area is 79.8 Å². The molecule has 1 N–H and O–H groups in total. The van der Waals surface area contributed by atoms with E-state index in [1.807, 2.05) is 6.92 Å². The Bertz CT molecular complexity index is 201. The van der Waals surface area contributed by atoms with Crippen molar-refractivity contribution in [2.24, 2.45) is 11.3 Å². The van der Waals surface area contributed by atoms with Gasteiger partial charge in [0.1, 0.15) is 0 Å². The molecule has 1 fully saturated rings. The van der Waals surface area contributed by atoms with E-state index < -0.39 is 0 Å². The van der Waals surface area contributed by atoms with Gasteiger partial charge in [-0.1, -0.05) is 20.8 Å². The highest BCUT2D eigenvalue weighted by Crippen LogP contribution is 2.44. The van der Waals surface area contributed by atoms with Gasteiger partial charge >= 0.3 is 5.97 Å². The van der Waals surface area contributed by atoms with Gasteiger partial charge in [0, 0.05) is 12.6 Å². The first-order valence-electron chi connectivity index (χ1n) is 4.78. The predicted octanol–water partition coefficient (Wildman–Crippen LogP) is 1.18. The summed E-state index contributed by atoms with van der Waals surface area (Å²) in [5.74, 6) is -0.174. The maximum absolute atomic E-state index is 11.0. The Hall–Kier alpha value is -0.570. The lowest BCUT2D eigenvalue weighted by Crippen LogP contribution is -2.30. The Balaban J connectivity index is 2.17. The van der Waals surface area contributed by atoms with Crippen LogP contribution in [0.5, 0.6) is 0 Å². The van der Waals surface area contributed by atoms with Gasteiger partial charge < -0.3 is 10.1 Å². The summed E-state index contributed by atoms with van der Waals surface area (Å²) >= 11 is 0. The lowest BCUT2D eigenvalue weighted by molar-refractivity contribution is -0.144. The van der Waals surface area contributed by atoms with Crippen molar-refractivity contribution < 1.29 is 9.53 Å². The molecule has 0 aliphatic heterocycles. The Kier molecular flexibility index (Phi) is 2.96. The number of hydrogen-bond donors (Lipinski definition) is 1. The van der Waals surface area contributed by atoms with E-state index in [2.05, 4.69) is 23.9 Å². The molecule has 0 aromatic rings. The smallest absolute Gasteiger partial charge is 0.309 e. The molecule has 1 aliphatic carbocycles. The first-order chi connectivity index (χ1) is 5.97. The minimum Gasteiger partial charge on any atom is -0.469 e. The summed E-state index contributed by atoms with van der Waals surface area (Å²) in [6.07, 6.45) is 1.21. The highest BCUT2D eigenvalue weighted by molar-refractivity contribution is 5.72. The molecular formula is C10H19NO2. The minimum atomic E-state index is -0.133. The van der Waals surface area contributed by atoms with Crippen molar-refractivity contribution in [2.45, 2.75) is 33.2 Å². The molecule has 0 bridgehead atoms. The number of hydrogen-bond acceptors (Lipinski definition) is 3. The van der Waals surface area contributed by atoms with Gasteiger partial charge in [-0.05, 0) is 11.8 Å². The van der Waals surface area contributed by atoms with Gasteiger partial charge in [-0.15, -0.1) is 0 Å². The molecule has 0 aromatic carbocycles. The zero-order valence-electron chi connectivity index (χ0n) is 8.89. The second kappa shape index (κ2) is 3.66. The maximum atomic E-state index is 11.0. The molecule has 3 nitrogen and oxygen atoms in total. The molecule has 13 heavy (non-hydrogen) atoms.